The van der Waals surface area contributed by atoms with E-state index >= 15 is 0 Å². The Kier molecular flexibility index (Phi) is 9.51. The molecule has 32 heavy (non-hydrogen) atoms. The fraction of sp³-hybridized carbons (Fsp3) is 0.600. The lowest BCUT2D eigenvalue weighted by atomic mass is 10.3. The van der Waals surface area contributed by atoms with Crippen LogP contribution in [0.25, 0.3) is 0 Å². The number of carbonyl (C=O) groups excluding carboxylic acids is 2. The topological polar surface area (TPSA) is 89.5 Å². The summed E-state index contributed by atoms with van der Waals surface area (Å²) in [6.45, 7) is 8.31. The van der Waals surface area contributed by atoms with Crippen molar-refractivity contribution in [1.29, 1.82) is 0 Å². The summed E-state index contributed by atoms with van der Waals surface area (Å²) < 4.78 is 9.53. The molecular weight excluding hydrogens is 496 g/mol. The summed E-state index contributed by atoms with van der Waals surface area (Å²) >= 11 is 6.40. The fourth-order valence-corrected chi connectivity index (χ4v) is 8.76. The van der Waals surface area contributed by atoms with Crippen LogP contribution in [-0.4, -0.2) is 59.7 Å². The number of rotatable bonds is 12. The second-order valence-electron chi connectivity index (χ2n) is 6.87. The Labute approximate surface area is 204 Å². The Hall–Kier alpha value is -0.600. The van der Waals surface area contributed by atoms with Crippen molar-refractivity contribution < 1.29 is 38.6 Å². The molecule has 0 unspecified atom stereocenters. The van der Waals surface area contributed by atoms with Gasteiger partial charge in [0, 0.05) is 33.4 Å². The summed E-state index contributed by atoms with van der Waals surface area (Å²) in [5, 5.41) is 0. The van der Waals surface area contributed by atoms with Crippen LogP contribution in [0.2, 0.25) is 0 Å². The van der Waals surface area contributed by atoms with Crippen LogP contribution in [0.1, 0.15) is 27.7 Å². The standard InChI is InChI=1S/C20H26O8S4/c1-5-25-27-11-20(12-28-26-6-2)31-17-7-15-16(8-18(17)32-20)30-19(29-15,9-23-13(3)21)10-24-14(4)22/h7-8H,5-6,9-12H2,1-4H3. The molecule has 0 aliphatic carbocycles. The molecule has 0 saturated heterocycles. The van der Waals surface area contributed by atoms with Crippen LogP contribution in [0.5, 0.6) is 0 Å². The van der Waals surface area contributed by atoms with Crippen LogP contribution < -0.4 is 0 Å². The molecule has 1 aromatic rings. The Bertz CT molecular complexity index is 767. The summed E-state index contributed by atoms with van der Waals surface area (Å²) in [4.78, 5) is 48.1. The summed E-state index contributed by atoms with van der Waals surface area (Å²) in [7, 11) is 0. The van der Waals surface area contributed by atoms with Gasteiger partial charge in [0.1, 0.15) is 34.6 Å². The van der Waals surface area contributed by atoms with Gasteiger partial charge in [0.05, 0.1) is 13.2 Å². The van der Waals surface area contributed by atoms with Gasteiger partial charge in [0.2, 0.25) is 0 Å². The van der Waals surface area contributed by atoms with Crippen LogP contribution in [-0.2, 0) is 38.6 Å². The largest absolute Gasteiger partial charge is 0.463 e. The molecular formula is C20H26O8S4. The van der Waals surface area contributed by atoms with Crippen molar-refractivity contribution >= 4 is 59.0 Å². The zero-order chi connectivity index (χ0) is 23.2. The van der Waals surface area contributed by atoms with E-state index in [0.29, 0.717) is 26.4 Å². The highest BCUT2D eigenvalue weighted by Crippen LogP contribution is 2.62. The van der Waals surface area contributed by atoms with Gasteiger partial charge in [-0.3, -0.25) is 9.59 Å². The minimum Gasteiger partial charge on any atom is -0.463 e. The van der Waals surface area contributed by atoms with E-state index in [1.165, 1.54) is 13.8 Å². The van der Waals surface area contributed by atoms with Crippen molar-refractivity contribution in [2.45, 2.75) is 55.4 Å². The van der Waals surface area contributed by atoms with E-state index in [1.54, 1.807) is 47.0 Å². The maximum Gasteiger partial charge on any atom is 0.302 e. The Morgan fingerprint density at radius 3 is 1.31 bits per heavy atom. The quantitative estimate of drug-likeness (QED) is 0.167. The number of hydrogen-bond donors (Lipinski definition) is 0. The molecule has 0 radical (unpaired) electrons. The lowest BCUT2D eigenvalue weighted by Gasteiger charge is -2.26. The minimum atomic E-state index is -0.614. The molecule has 2 aliphatic heterocycles. The van der Waals surface area contributed by atoms with Gasteiger partial charge in [-0.25, -0.2) is 19.6 Å². The molecule has 178 valence electrons. The highest BCUT2D eigenvalue weighted by molar-refractivity contribution is 8.21. The number of ether oxygens (including phenoxy) is 2. The Morgan fingerprint density at radius 1 is 0.656 bits per heavy atom. The van der Waals surface area contributed by atoms with Crippen molar-refractivity contribution in [3.05, 3.63) is 12.1 Å². The van der Waals surface area contributed by atoms with Crippen molar-refractivity contribution in [3.63, 3.8) is 0 Å². The number of benzene rings is 1. The lowest BCUT2D eigenvalue weighted by molar-refractivity contribution is -0.312. The first-order chi connectivity index (χ1) is 15.3. The van der Waals surface area contributed by atoms with E-state index in [4.69, 9.17) is 29.0 Å². The molecule has 2 heterocycles. The number of carbonyl (C=O) groups is 2. The summed E-state index contributed by atoms with van der Waals surface area (Å²) in [6, 6.07) is 4.23. The van der Waals surface area contributed by atoms with Crippen LogP contribution >= 0.6 is 47.0 Å². The molecule has 0 saturated carbocycles. The monoisotopic (exact) mass is 522 g/mol. The Balaban J connectivity index is 1.77. The van der Waals surface area contributed by atoms with E-state index < -0.39 is 8.16 Å². The molecule has 3 rings (SSSR count). The third-order valence-electron chi connectivity index (χ3n) is 4.14. The highest BCUT2D eigenvalue weighted by atomic mass is 32.2. The first-order valence-corrected chi connectivity index (χ1v) is 13.3. The van der Waals surface area contributed by atoms with Crippen molar-refractivity contribution in [1.82, 2.24) is 0 Å². The molecule has 0 spiro atoms. The number of esters is 2. The maximum atomic E-state index is 11.4. The van der Waals surface area contributed by atoms with E-state index in [9.17, 15) is 9.59 Å². The predicted octanol–water partition coefficient (Wildman–Crippen LogP) is 4.54. The molecule has 0 bridgehead atoms. The van der Waals surface area contributed by atoms with Crippen molar-refractivity contribution in [3.8, 4) is 0 Å². The van der Waals surface area contributed by atoms with E-state index in [1.807, 2.05) is 13.8 Å². The summed E-state index contributed by atoms with van der Waals surface area (Å²) in [5.41, 5.74) is 0. The third-order valence-corrected chi connectivity index (χ3v) is 10.1. The van der Waals surface area contributed by atoms with Gasteiger partial charge in [-0.2, -0.15) is 0 Å². The van der Waals surface area contributed by atoms with Crippen LogP contribution in [0.3, 0.4) is 0 Å². The molecule has 8 nitrogen and oxygen atoms in total. The molecule has 1 aromatic carbocycles. The molecule has 0 aromatic heterocycles. The normalized spacial score (nSPS) is 17.6. The first kappa shape index (κ1) is 26.0. The van der Waals surface area contributed by atoms with E-state index in [0.717, 1.165) is 19.6 Å². The van der Waals surface area contributed by atoms with Gasteiger partial charge in [-0.1, -0.05) is 23.5 Å². The Morgan fingerprint density at radius 2 is 1.00 bits per heavy atom. The van der Waals surface area contributed by atoms with Crippen molar-refractivity contribution in [2.75, 3.05) is 39.6 Å². The lowest BCUT2D eigenvalue weighted by Crippen LogP contribution is -2.32. The second-order valence-corrected chi connectivity index (χ2v) is 13.1. The molecule has 12 heteroatoms. The molecule has 0 atom stereocenters. The fourth-order valence-electron chi connectivity index (χ4n) is 2.86. The van der Waals surface area contributed by atoms with E-state index in [-0.39, 0.29) is 25.2 Å². The van der Waals surface area contributed by atoms with Gasteiger partial charge in [-0.15, -0.1) is 23.5 Å². The first-order valence-electron chi connectivity index (χ1n) is 10.00. The zero-order valence-corrected chi connectivity index (χ0v) is 21.6. The zero-order valence-electron chi connectivity index (χ0n) is 18.3. The highest BCUT2D eigenvalue weighted by Gasteiger charge is 2.46. The third kappa shape index (κ3) is 6.72. The van der Waals surface area contributed by atoms with Crippen LogP contribution in [0.15, 0.2) is 31.7 Å². The van der Waals surface area contributed by atoms with Crippen molar-refractivity contribution in [2.24, 2.45) is 0 Å². The SMILES string of the molecule is CCOOCC1(COOCC)Sc2cc3c(cc2S1)SC(COC(C)=O)(COC(C)=O)S3. The number of thioether (sulfide) groups is 4. The molecule has 2 aliphatic rings. The van der Waals surface area contributed by atoms with Gasteiger partial charge in [0.25, 0.3) is 0 Å². The molecule has 0 fully saturated rings. The minimum absolute atomic E-state index is 0.138. The summed E-state index contributed by atoms with van der Waals surface area (Å²) in [5.74, 6) is -0.738. The van der Waals surface area contributed by atoms with E-state index in [2.05, 4.69) is 12.1 Å². The van der Waals surface area contributed by atoms with Gasteiger partial charge in [-0.05, 0) is 26.0 Å². The second kappa shape index (κ2) is 11.7. The maximum absolute atomic E-state index is 11.4. The predicted molar refractivity (Wildman–Crippen MR) is 124 cm³/mol. The average Bonchev–Trinajstić information content (AvgIpc) is 3.26. The van der Waals surface area contributed by atoms with Gasteiger partial charge in [0.15, 0.2) is 0 Å². The van der Waals surface area contributed by atoms with Crippen LogP contribution in [0.4, 0.5) is 0 Å². The molecule has 0 amide bonds. The van der Waals surface area contributed by atoms with Crippen LogP contribution in [0, 0.1) is 0 Å². The summed E-state index contributed by atoms with van der Waals surface area (Å²) in [6.07, 6.45) is 0. The smallest absolute Gasteiger partial charge is 0.302 e. The van der Waals surface area contributed by atoms with Gasteiger partial charge < -0.3 is 9.47 Å². The number of hydrogen-bond acceptors (Lipinski definition) is 12. The van der Waals surface area contributed by atoms with Gasteiger partial charge >= 0.3 is 11.9 Å². The number of fused-ring (bicyclic) bond motifs is 2. The molecule has 0 N–H and O–H groups in total. The average molecular weight is 523 g/mol.